The molecule has 0 spiro atoms. The number of aliphatic carboxylic acids is 1. The van der Waals surface area contributed by atoms with Crippen LogP contribution in [0.2, 0.25) is 0 Å². The normalized spacial score (nSPS) is 11.2. The summed E-state index contributed by atoms with van der Waals surface area (Å²) in [5.74, 6) is 1.18. The number of terminal acetylenes is 1. The fourth-order valence-corrected chi connectivity index (χ4v) is 1.01. The second-order valence-corrected chi connectivity index (χ2v) is 2.96. The van der Waals surface area contributed by atoms with E-state index in [1.807, 2.05) is 0 Å². The smallest absolute Gasteiger partial charge is 0.329 e. The Balaban J connectivity index is 3.52. The molecule has 0 aromatic rings. The summed E-state index contributed by atoms with van der Waals surface area (Å²) in [6.07, 6.45) is 7.83. The van der Waals surface area contributed by atoms with E-state index in [4.69, 9.17) is 16.4 Å². The van der Waals surface area contributed by atoms with Gasteiger partial charge in [0.15, 0.2) is 6.04 Å². The van der Waals surface area contributed by atoms with E-state index < -0.39 is 12.0 Å². The van der Waals surface area contributed by atoms with Gasteiger partial charge in [-0.1, -0.05) is 5.92 Å². The largest absolute Gasteiger partial charge is 0.480 e. The van der Waals surface area contributed by atoms with Gasteiger partial charge in [0.1, 0.15) is 6.61 Å². The molecule has 0 amide bonds. The van der Waals surface area contributed by atoms with Crippen LogP contribution in [0.4, 0.5) is 0 Å². The second kappa shape index (κ2) is 9.87. The SMILES string of the molecule is C#CCONCCCCC(N=C=O)C(=O)O. The number of carbonyl (C=O) groups is 1. The Hall–Kier alpha value is -1.67. The van der Waals surface area contributed by atoms with E-state index in [-0.39, 0.29) is 6.61 Å². The van der Waals surface area contributed by atoms with Crippen LogP contribution in [0.5, 0.6) is 0 Å². The number of isocyanates is 1. The maximum absolute atomic E-state index is 10.6. The van der Waals surface area contributed by atoms with Crippen molar-refractivity contribution in [2.75, 3.05) is 13.2 Å². The van der Waals surface area contributed by atoms with E-state index in [0.29, 0.717) is 25.8 Å². The molecule has 6 nitrogen and oxygen atoms in total. The molecule has 0 aromatic heterocycles. The molecule has 1 unspecified atom stereocenters. The number of carboxylic acids is 1. The van der Waals surface area contributed by atoms with Crippen LogP contribution in [0.1, 0.15) is 19.3 Å². The summed E-state index contributed by atoms with van der Waals surface area (Å²) in [7, 11) is 0. The fourth-order valence-electron chi connectivity index (χ4n) is 1.01. The monoisotopic (exact) mass is 226 g/mol. The predicted molar refractivity (Wildman–Crippen MR) is 56.2 cm³/mol. The first-order valence-electron chi connectivity index (χ1n) is 4.80. The molecule has 0 aliphatic rings. The van der Waals surface area contributed by atoms with E-state index in [0.717, 1.165) is 0 Å². The number of hydrogen-bond acceptors (Lipinski definition) is 5. The molecule has 0 radical (unpaired) electrons. The van der Waals surface area contributed by atoms with Gasteiger partial charge in [0.05, 0.1) is 0 Å². The zero-order valence-electron chi connectivity index (χ0n) is 8.81. The third-order valence-electron chi connectivity index (χ3n) is 1.76. The molecule has 0 bridgehead atoms. The van der Waals surface area contributed by atoms with Crippen LogP contribution in [0.15, 0.2) is 4.99 Å². The number of hydroxylamine groups is 1. The molecular formula is C10H14N2O4. The number of unbranched alkanes of at least 4 members (excludes halogenated alkanes) is 1. The Kier molecular flexibility index (Phi) is 8.84. The van der Waals surface area contributed by atoms with Crippen LogP contribution in [-0.2, 0) is 14.4 Å². The fraction of sp³-hybridized carbons (Fsp3) is 0.600. The van der Waals surface area contributed by atoms with Gasteiger partial charge >= 0.3 is 5.97 Å². The number of rotatable bonds is 9. The minimum Gasteiger partial charge on any atom is -0.480 e. The van der Waals surface area contributed by atoms with Crippen molar-refractivity contribution in [3.63, 3.8) is 0 Å². The average molecular weight is 226 g/mol. The topological polar surface area (TPSA) is 88.0 Å². The molecular weight excluding hydrogens is 212 g/mol. The molecule has 0 aliphatic heterocycles. The lowest BCUT2D eigenvalue weighted by molar-refractivity contribution is -0.138. The van der Waals surface area contributed by atoms with Gasteiger partial charge < -0.3 is 5.11 Å². The van der Waals surface area contributed by atoms with Gasteiger partial charge in [-0.15, -0.1) is 6.42 Å². The van der Waals surface area contributed by atoms with Crippen molar-refractivity contribution in [3.8, 4) is 12.3 Å². The first-order chi connectivity index (χ1) is 7.72. The van der Waals surface area contributed by atoms with Crippen LogP contribution < -0.4 is 5.48 Å². The molecule has 88 valence electrons. The lowest BCUT2D eigenvalue weighted by Gasteiger charge is -2.05. The van der Waals surface area contributed by atoms with E-state index >= 15 is 0 Å². The Morgan fingerprint density at radius 2 is 2.31 bits per heavy atom. The van der Waals surface area contributed by atoms with E-state index in [9.17, 15) is 9.59 Å². The quantitative estimate of drug-likeness (QED) is 0.191. The van der Waals surface area contributed by atoms with E-state index in [2.05, 4.69) is 16.4 Å². The summed E-state index contributed by atoms with van der Waals surface area (Å²) < 4.78 is 0. The Morgan fingerprint density at radius 1 is 1.56 bits per heavy atom. The number of nitrogens with one attached hydrogen (secondary N) is 1. The average Bonchev–Trinajstić information content (AvgIpc) is 2.26. The van der Waals surface area contributed by atoms with Gasteiger partial charge in [-0.05, 0) is 19.3 Å². The summed E-state index contributed by atoms with van der Waals surface area (Å²) >= 11 is 0. The molecule has 16 heavy (non-hydrogen) atoms. The Morgan fingerprint density at radius 3 is 2.88 bits per heavy atom. The van der Waals surface area contributed by atoms with Gasteiger partial charge in [-0.3, -0.25) is 4.84 Å². The van der Waals surface area contributed by atoms with Crippen molar-refractivity contribution in [1.82, 2.24) is 5.48 Å². The highest BCUT2D eigenvalue weighted by Crippen LogP contribution is 2.04. The molecule has 0 rings (SSSR count). The second-order valence-electron chi connectivity index (χ2n) is 2.96. The number of aliphatic imine (C=N–C) groups is 1. The number of carbonyl (C=O) groups excluding carboxylic acids is 1. The highest BCUT2D eigenvalue weighted by Gasteiger charge is 2.14. The van der Waals surface area contributed by atoms with E-state index in [1.165, 1.54) is 6.08 Å². The molecule has 0 saturated carbocycles. The lowest BCUT2D eigenvalue weighted by Crippen LogP contribution is -2.19. The van der Waals surface area contributed by atoms with Crippen molar-refractivity contribution in [2.45, 2.75) is 25.3 Å². The van der Waals surface area contributed by atoms with Crippen LogP contribution in [0, 0.1) is 12.3 Å². The number of carboxylic acid groups (broad SMARTS) is 1. The van der Waals surface area contributed by atoms with Crippen molar-refractivity contribution in [1.29, 1.82) is 0 Å². The van der Waals surface area contributed by atoms with Crippen molar-refractivity contribution < 1.29 is 19.5 Å². The van der Waals surface area contributed by atoms with Gasteiger partial charge in [0.25, 0.3) is 0 Å². The van der Waals surface area contributed by atoms with Crippen LogP contribution in [-0.4, -0.2) is 36.3 Å². The molecule has 0 fully saturated rings. The Labute approximate surface area is 93.7 Å². The third kappa shape index (κ3) is 7.71. The summed E-state index contributed by atoms with van der Waals surface area (Å²) in [4.78, 5) is 28.5. The molecule has 6 heteroatoms. The van der Waals surface area contributed by atoms with Crippen molar-refractivity contribution >= 4 is 12.0 Å². The third-order valence-corrected chi connectivity index (χ3v) is 1.76. The van der Waals surface area contributed by atoms with Gasteiger partial charge in [0, 0.05) is 6.54 Å². The summed E-state index contributed by atoms with van der Waals surface area (Å²) in [6, 6.07) is -0.996. The maximum atomic E-state index is 10.6. The predicted octanol–water partition coefficient (Wildman–Crippen LogP) is 0.100. The minimum absolute atomic E-state index is 0.188. The van der Waals surface area contributed by atoms with Gasteiger partial charge in [-0.2, -0.15) is 4.99 Å². The standard InChI is InChI=1S/C10H14N2O4/c1-2-7-16-12-6-4-3-5-9(10(14)15)11-8-13/h1,9,12H,3-7H2,(H,14,15). The number of nitrogens with zero attached hydrogens (tertiary/aromatic N) is 1. The first-order valence-corrected chi connectivity index (χ1v) is 4.80. The zero-order chi connectivity index (χ0) is 12.2. The minimum atomic E-state index is -1.11. The van der Waals surface area contributed by atoms with Crippen LogP contribution in [0.25, 0.3) is 0 Å². The van der Waals surface area contributed by atoms with E-state index in [1.54, 1.807) is 0 Å². The summed E-state index contributed by atoms with van der Waals surface area (Å²) in [5.41, 5.74) is 2.62. The molecule has 1 atom stereocenters. The maximum Gasteiger partial charge on any atom is 0.329 e. The van der Waals surface area contributed by atoms with Gasteiger partial charge in [0.2, 0.25) is 6.08 Å². The zero-order valence-corrected chi connectivity index (χ0v) is 8.81. The van der Waals surface area contributed by atoms with Gasteiger partial charge in [-0.25, -0.2) is 15.1 Å². The Bertz CT molecular complexity index is 290. The summed E-state index contributed by atoms with van der Waals surface area (Å²) in [5, 5.41) is 8.64. The molecule has 0 heterocycles. The molecule has 0 saturated heterocycles. The highest BCUT2D eigenvalue weighted by atomic mass is 16.6. The molecule has 0 aromatic carbocycles. The van der Waals surface area contributed by atoms with Crippen molar-refractivity contribution in [3.05, 3.63) is 0 Å². The molecule has 0 aliphatic carbocycles. The van der Waals surface area contributed by atoms with Crippen molar-refractivity contribution in [2.24, 2.45) is 4.99 Å². The molecule has 2 N–H and O–H groups in total. The first kappa shape index (κ1) is 14.3. The summed E-state index contributed by atoms with van der Waals surface area (Å²) in [6.45, 7) is 0.756. The van der Waals surface area contributed by atoms with Crippen LogP contribution >= 0.6 is 0 Å². The number of hydrogen-bond donors (Lipinski definition) is 2. The lowest BCUT2D eigenvalue weighted by atomic mass is 10.1. The highest BCUT2D eigenvalue weighted by molar-refractivity contribution is 5.74. The van der Waals surface area contributed by atoms with Crippen LogP contribution in [0.3, 0.4) is 0 Å².